The highest BCUT2D eigenvalue weighted by Crippen LogP contribution is 2.42. The number of thiophene rings is 2. The first-order chi connectivity index (χ1) is 35.7. The number of ether oxygens (including phenoxy) is 2. The summed E-state index contributed by atoms with van der Waals surface area (Å²) in [5.41, 5.74) is 6.97. The van der Waals surface area contributed by atoms with E-state index in [0.29, 0.717) is 77.2 Å². The summed E-state index contributed by atoms with van der Waals surface area (Å²) in [6, 6.07) is 14.1. The van der Waals surface area contributed by atoms with Gasteiger partial charge in [0.1, 0.15) is 45.3 Å². The quantitative estimate of drug-likeness (QED) is 0.0642. The number of carbonyl (C=O) groups is 3. The zero-order valence-corrected chi connectivity index (χ0v) is 46.0. The number of aliphatic imine (C=N–C) groups is 2. The van der Waals surface area contributed by atoms with Crippen molar-refractivity contribution in [3.05, 3.63) is 125 Å². The fraction of sp³-hybridized carbons (Fsp3) is 0.463. The summed E-state index contributed by atoms with van der Waals surface area (Å²) in [4.78, 5) is 58.1. The number of Topliss-reactive ketones (excluding diaryl/α,β-unsaturated/α-hetero) is 2. The second-order valence-electron chi connectivity index (χ2n) is 19.3. The number of ketones is 2. The number of aromatic nitrogens is 6. The van der Waals surface area contributed by atoms with Crippen molar-refractivity contribution in [1.82, 2.24) is 44.6 Å². The molecule has 390 valence electrons. The SMILES string of the molecule is Cc1sc2c(c1C)C(c1ccc(Cl)cc1)=N[C@@H](CC(=O)CCCOCCOCCNC(=O)c1sc3c(c1C)C(c1ccc(Cl)cc1)=N[C@@H](CC(=O)CCCCN1CCN(C)CC1)c1nnc(C)n1-3)c1nnc(C)n1-2. The number of likely N-dealkylation sites (N-methyl/N-ethyl adjacent to an activating group) is 1. The zero-order valence-electron chi connectivity index (χ0n) is 42.9. The van der Waals surface area contributed by atoms with Gasteiger partial charge < -0.3 is 24.6 Å². The molecule has 0 saturated carbocycles. The van der Waals surface area contributed by atoms with Gasteiger partial charge in [0.15, 0.2) is 11.6 Å². The average molecular weight is 1080 g/mol. The number of hydrogen-bond donors (Lipinski definition) is 1. The normalized spacial score (nSPS) is 16.6. The van der Waals surface area contributed by atoms with Crippen LogP contribution in [0.15, 0.2) is 58.5 Å². The summed E-state index contributed by atoms with van der Waals surface area (Å²) in [5.74, 6) is 2.59. The number of piperazine rings is 1. The van der Waals surface area contributed by atoms with Crippen molar-refractivity contribution in [3.8, 4) is 10.0 Å². The van der Waals surface area contributed by atoms with E-state index in [2.05, 4.69) is 61.0 Å². The topological polar surface area (TPSA) is 174 Å². The predicted molar refractivity (Wildman–Crippen MR) is 292 cm³/mol. The van der Waals surface area contributed by atoms with Crippen LogP contribution in [-0.2, 0) is 19.1 Å². The number of amides is 1. The molecule has 0 spiro atoms. The largest absolute Gasteiger partial charge is 0.379 e. The molecule has 6 aromatic rings. The molecule has 16 nitrogen and oxygen atoms in total. The molecule has 3 aliphatic rings. The molecule has 1 fully saturated rings. The van der Waals surface area contributed by atoms with Crippen LogP contribution in [0.3, 0.4) is 0 Å². The number of hydrogen-bond acceptors (Lipinski definition) is 15. The van der Waals surface area contributed by atoms with Crippen LogP contribution >= 0.6 is 45.9 Å². The Bertz CT molecular complexity index is 3060. The Morgan fingerprint density at radius 3 is 1.72 bits per heavy atom. The molecular weight excluding hydrogens is 1020 g/mol. The number of rotatable bonds is 22. The minimum absolute atomic E-state index is 0.0623. The van der Waals surface area contributed by atoms with Crippen LogP contribution in [0.1, 0.15) is 128 Å². The number of carbonyl (C=O) groups excluding carboxylic acids is 3. The molecule has 2 atom stereocenters. The number of aryl methyl sites for hydroxylation is 3. The molecule has 20 heteroatoms. The molecule has 9 rings (SSSR count). The third kappa shape index (κ3) is 12.0. The highest BCUT2D eigenvalue weighted by atomic mass is 35.5. The summed E-state index contributed by atoms with van der Waals surface area (Å²) in [7, 11) is 2.16. The Morgan fingerprint density at radius 2 is 1.15 bits per heavy atom. The van der Waals surface area contributed by atoms with Gasteiger partial charge >= 0.3 is 0 Å². The summed E-state index contributed by atoms with van der Waals surface area (Å²) < 4.78 is 15.7. The van der Waals surface area contributed by atoms with Crippen LogP contribution in [0.2, 0.25) is 10.0 Å². The van der Waals surface area contributed by atoms with Gasteiger partial charge in [0.05, 0.1) is 36.1 Å². The molecule has 0 unspecified atom stereocenters. The van der Waals surface area contributed by atoms with Gasteiger partial charge in [-0.15, -0.1) is 43.1 Å². The van der Waals surface area contributed by atoms with Crippen LogP contribution in [0.25, 0.3) is 10.0 Å². The van der Waals surface area contributed by atoms with Crippen LogP contribution in [0.5, 0.6) is 0 Å². The smallest absolute Gasteiger partial charge is 0.261 e. The minimum Gasteiger partial charge on any atom is -0.379 e. The van der Waals surface area contributed by atoms with Gasteiger partial charge in [-0.3, -0.25) is 33.5 Å². The monoisotopic (exact) mass is 1080 g/mol. The lowest BCUT2D eigenvalue weighted by molar-refractivity contribution is -0.120. The Morgan fingerprint density at radius 1 is 0.635 bits per heavy atom. The summed E-state index contributed by atoms with van der Waals surface area (Å²) in [5, 5.41) is 24.0. The fourth-order valence-corrected chi connectivity index (χ4v) is 12.5. The van der Waals surface area contributed by atoms with E-state index in [1.165, 1.54) is 16.2 Å². The van der Waals surface area contributed by atoms with Crippen molar-refractivity contribution in [2.24, 2.45) is 9.98 Å². The predicted octanol–water partition coefficient (Wildman–Crippen LogP) is 9.18. The number of nitrogens with zero attached hydrogens (tertiary/aromatic N) is 10. The van der Waals surface area contributed by atoms with Gasteiger partial charge in [0.25, 0.3) is 5.91 Å². The molecule has 1 amide bonds. The molecule has 0 aliphatic carbocycles. The maximum Gasteiger partial charge on any atom is 0.261 e. The van der Waals surface area contributed by atoms with Crippen molar-refractivity contribution in [2.75, 3.05) is 72.7 Å². The maximum absolute atomic E-state index is 13.9. The van der Waals surface area contributed by atoms with E-state index in [4.69, 9.17) is 42.7 Å². The minimum atomic E-state index is -0.562. The molecule has 4 aromatic heterocycles. The van der Waals surface area contributed by atoms with Crippen LogP contribution in [0, 0.1) is 34.6 Å². The first-order valence-electron chi connectivity index (χ1n) is 25.4. The zero-order chi connectivity index (χ0) is 52.0. The van der Waals surface area contributed by atoms with E-state index in [1.54, 1.807) is 11.3 Å². The third-order valence-corrected chi connectivity index (χ3v) is 16.9. The van der Waals surface area contributed by atoms with Gasteiger partial charge in [0.2, 0.25) is 0 Å². The number of unbranched alkanes of at least 4 members (excludes halogenated alkanes) is 1. The van der Waals surface area contributed by atoms with Crippen LogP contribution in [-0.4, -0.2) is 141 Å². The van der Waals surface area contributed by atoms with Crippen molar-refractivity contribution in [3.63, 3.8) is 0 Å². The third-order valence-electron chi connectivity index (χ3n) is 13.9. The molecule has 1 N–H and O–H groups in total. The summed E-state index contributed by atoms with van der Waals surface area (Å²) in [6.07, 6.45) is 3.53. The van der Waals surface area contributed by atoms with E-state index < -0.39 is 12.1 Å². The van der Waals surface area contributed by atoms with Crippen LogP contribution < -0.4 is 5.32 Å². The first-order valence-corrected chi connectivity index (χ1v) is 27.8. The van der Waals surface area contributed by atoms with Gasteiger partial charge in [0, 0.05) is 102 Å². The average Bonchev–Trinajstić information content (AvgIpc) is 4.09. The molecule has 74 heavy (non-hydrogen) atoms. The van der Waals surface area contributed by atoms with E-state index in [0.717, 1.165) is 100 Å². The van der Waals surface area contributed by atoms with E-state index in [1.807, 2.05) is 73.9 Å². The second kappa shape index (κ2) is 24.1. The molecule has 3 aliphatic heterocycles. The standard InChI is InChI=1S/C54H63Cl2N11O5S2/c1-32-34(3)73-53-45(32)47(37-12-16-39(55)17-13-37)58-44(50-62-60-35(4)66(50)53)31-42(69)11-9-26-71-28-29-72-27-20-57-52(70)49-33(2)46-48(38-14-18-40(56)19-15-38)59-43(51-63-61-36(5)67(51)54(46)74-49)30-41(68)10-7-8-21-65-24-22-64(6)23-25-65/h12-19,43-44H,7-11,20-31H2,1-6H3,(H,57,70)/t43-,44-/m0/s1. The van der Waals surface area contributed by atoms with Gasteiger partial charge in [-0.2, -0.15) is 0 Å². The van der Waals surface area contributed by atoms with Crippen molar-refractivity contribution in [1.29, 1.82) is 0 Å². The highest BCUT2D eigenvalue weighted by Gasteiger charge is 2.35. The van der Waals surface area contributed by atoms with E-state index in [9.17, 15) is 14.4 Å². The van der Waals surface area contributed by atoms with E-state index in [-0.39, 0.29) is 43.5 Å². The number of halogens is 2. The molecule has 0 bridgehead atoms. The van der Waals surface area contributed by atoms with E-state index >= 15 is 0 Å². The maximum atomic E-state index is 13.9. The van der Waals surface area contributed by atoms with Gasteiger partial charge in [-0.05, 0) is 103 Å². The molecule has 1 saturated heterocycles. The molecule has 7 heterocycles. The van der Waals surface area contributed by atoms with Crippen molar-refractivity contribution in [2.45, 2.75) is 91.6 Å². The first kappa shape index (κ1) is 53.5. The Labute approximate surface area is 450 Å². The lowest BCUT2D eigenvalue weighted by Crippen LogP contribution is -2.44. The Hall–Kier alpha value is -5.31. The molecule has 0 radical (unpaired) electrons. The second-order valence-corrected chi connectivity index (χ2v) is 22.3. The fourth-order valence-electron chi connectivity index (χ4n) is 9.75. The van der Waals surface area contributed by atoms with Crippen LogP contribution in [0.4, 0.5) is 0 Å². The van der Waals surface area contributed by atoms with Gasteiger partial charge in [-0.1, -0.05) is 47.5 Å². The van der Waals surface area contributed by atoms with Crippen molar-refractivity contribution >= 4 is 74.8 Å². The lowest BCUT2D eigenvalue weighted by Gasteiger charge is -2.32. The molecule has 2 aromatic carbocycles. The number of nitrogens with one attached hydrogen (secondary N) is 1. The summed E-state index contributed by atoms with van der Waals surface area (Å²) >= 11 is 15.6. The van der Waals surface area contributed by atoms with Gasteiger partial charge in [-0.25, -0.2) is 0 Å². The van der Waals surface area contributed by atoms with Crippen molar-refractivity contribution < 1.29 is 23.9 Å². The highest BCUT2D eigenvalue weighted by molar-refractivity contribution is 7.17. The lowest BCUT2D eigenvalue weighted by atomic mass is 9.99. The Kier molecular flexibility index (Phi) is 17.5. The number of fused-ring (bicyclic) bond motifs is 6. The Balaban J connectivity index is 0.759. The number of benzene rings is 2. The molecular formula is C54H63Cl2N11O5S2. The summed E-state index contributed by atoms with van der Waals surface area (Å²) in [6.45, 7) is 16.9.